The van der Waals surface area contributed by atoms with E-state index in [4.69, 9.17) is 0 Å². The minimum atomic E-state index is -0.627. The second-order valence-corrected chi connectivity index (χ2v) is 1.11. The summed E-state index contributed by atoms with van der Waals surface area (Å²) in [4.78, 5) is 13.2. The molecule has 0 aromatic carbocycles. The molecule has 8 heavy (non-hydrogen) atoms. The van der Waals surface area contributed by atoms with Crippen molar-refractivity contribution in [2.75, 3.05) is 0 Å². The van der Waals surface area contributed by atoms with Gasteiger partial charge in [0.25, 0.3) is 0 Å². The molecule has 0 atom stereocenters. The van der Waals surface area contributed by atoms with Gasteiger partial charge in [0.2, 0.25) is 0 Å². The Bertz CT molecular complexity index is 203. The summed E-state index contributed by atoms with van der Waals surface area (Å²) < 4.78 is 4.05. The van der Waals surface area contributed by atoms with Crippen LogP contribution in [0.3, 0.4) is 0 Å². The van der Waals surface area contributed by atoms with Crippen LogP contribution < -0.4 is 68.9 Å². The molecule has 1 aromatic rings. The Morgan fingerprint density at radius 3 is 2.50 bits per heavy atom. The van der Waals surface area contributed by atoms with Crippen LogP contribution in [0, 0.1) is 6.92 Å². The van der Waals surface area contributed by atoms with Crippen molar-refractivity contribution in [2.24, 2.45) is 0 Å². The van der Waals surface area contributed by atoms with Crippen molar-refractivity contribution in [1.29, 1.82) is 0 Å². The van der Waals surface area contributed by atoms with Crippen LogP contribution in [0.1, 0.15) is 5.82 Å². The predicted octanol–water partition coefficient (Wildman–Crippen LogP) is -3.70. The Morgan fingerprint density at radius 1 is 1.75 bits per heavy atom. The molecular weight excluding hydrogens is 182 g/mol. The number of rotatable bonds is 0. The van der Waals surface area contributed by atoms with Crippen molar-refractivity contribution >= 4 is 0 Å². The van der Waals surface area contributed by atoms with Crippen molar-refractivity contribution < 1.29 is 62.7 Å². The maximum Gasteiger partial charge on any atom is 1.00 e. The first-order valence-electron chi connectivity index (χ1n) is 1.76. The Morgan fingerprint density at radius 2 is 2.38 bits per heavy atom. The zero-order chi connectivity index (χ0) is 5.28. The summed E-state index contributed by atoms with van der Waals surface area (Å²) in [6, 6.07) is 0. The first kappa shape index (κ1) is 8.75. The molecular formula is C3H3N2O2Rb. The summed E-state index contributed by atoms with van der Waals surface area (Å²) in [5, 5.41) is 3.22. The molecule has 0 fully saturated rings. The third-order valence-corrected chi connectivity index (χ3v) is 0.509. The van der Waals surface area contributed by atoms with Crippen LogP contribution in [-0.2, 0) is 0 Å². The SMILES string of the molecule is Cc1noc(=O)[n-]1.[Rb+]. The van der Waals surface area contributed by atoms with E-state index < -0.39 is 5.76 Å². The molecule has 1 rings (SSSR count). The smallest absolute Gasteiger partial charge is 0.422 e. The van der Waals surface area contributed by atoms with Crippen LogP contribution >= 0.6 is 0 Å². The van der Waals surface area contributed by atoms with Crippen molar-refractivity contribution in [3.05, 3.63) is 16.4 Å². The molecule has 0 saturated heterocycles. The fourth-order valence-electron chi connectivity index (χ4n) is 0.278. The summed E-state index contributed by atoms with van der Waals surface area (Å²) in [6.07, 6.45) is 0. The molecule has 5 heteroatoms. The topological polar surface area (TPSA) is 57.2 Å². The van der Waals surface area contributed by atoms with E-state index in [1.54, 1.807) is 6.92 Å². The van der Waals surface area contributed by atoms with E-state index in [2.05, 4.69) is 14.7 Å². The van der Waals surface area contributed by atoms with Crippen LogP contribution in [0.25, 0.3) is 0 Å². The zero-order valence-corrected chi connectivity index (χ0v) is 9.63. The fourth-order valence-corrected chi connectivity index (χ4v) is 0.278. The maximum absolute atomic E-state index is 9.95. The molecule has 0 unspecified atom stereocenters. The first-order chi connectivity index (χ1) is 3.29. The summed E-state index contributed by atoms with van der Waals surface area (Å²) in [5.74, 6) is -0.248. The van der Waals surface area contributed by atoms with Gasteiger partial charge in [0.1, 0.15) is 0 Å². The molecule has 0 aliphatic carbocycles. The number of nitrogens with zero attached hydrogens (tertiary/aromatic N) is 2. The minimum absolute atomic E-state index is 0. The van der Waals surface area contributed by atoms with Crippen LogP contribution in [0.15, 0.2) is 9.32 Å². The summed E-state index contributed by atoms with van der Waals surface area (Å²) in [5.41, 5.74) is 0. The monoisotopic (exact) mass is 184 g/mol. The minimum Gasteiger partial charge on any atom is -0.422 e. The third-order valence-electron chi connectivity index (χ3n) is 0.509. The Hall–Kier alpha value is 0.745. The van der Waals surface area contributed by atoms with Crippen LogP contribution in [0.4, 0.5) is 0 Å². The van der Waals surface area contributed by atoms with Crippen LogP contribution in [0.5, 0.6) is 0 Å². The van der Waals surface area contributed by atoms with Gasteiger partial charge in [-0.1, -0.05) is 0 Å². The van der Waals surface area contributed by atoms with E-state index in [1.807, 2.05) is 0 Å². The second kappa shape index (κ2) is 3.71. The van der Waals surface area contributed by atoms with E-state index in [1.165, 1.54) is 0 Å². The van der Waals surface area contributed by atoms with Crippen molar-refractivity contribution in [2.45, 2.75) is 6.92 Å². The molecule has 0 bridgehead atoms. The quantitative estimate of drug-likeness (QED) is 0.417. The van der Waals surface area contributed by atoms with Crippen molar-refractivity contribution in [1.82, 2.24) is 10.1 Å². The molecule has 0 spiro atoms. The number of aryl methyl sites for hydroxylation is 1. The van der Waals surface area contributed by atoms with Gasteiger partial charge >= 0.3 is 63.9 Å². The van der Waals surface area contributed by atoms with E-state index in [0.29, 0.717) is 5.82 Å². The molecule has 0 aliphatic rings. The van der Waals surface area contributed by atoms with E-state index >= 15 is 0 Å². The number of hydrogen-bond acceptors (Lipinski definition) is 3. The second-order valence-electron chi connectivity index (χ2n) is 1.11. The number of aromatic nitrogens is 2. The molecule has 0 saturated carbocycles. The Balaban J connectivity index is 0.000000490. The largest absolute Gasteiger partial charge is 1.00 e. The first-order valence-corrected chi connectivity index (χ1v) is 1.76. The number of hydrogen-bond donors (Lipinski definition) is 0. The summed E-state index contributed by atoms with van der Waals surface area (Å²) in [6.45, 7) is 1.59. The molecule has 0 aliphatic heterocycles. The Labute approximate surface area is 94.4 Å². The molecule has 1 heterocycles. The molecule has 0 amide bonds. The fraction of sp³-hybridized carbons (Fsp3) is 0.333. The molecule has 4 nitrogen and oxygen atoms in total. The van der Waals surface area contributed by atoms with Gasteiger partial charge in [-0.2, -0.15) is 0 Å². The van der Waals surface area contributed by atoms with Gasteiger partial charge in [0, 0.05) is 0 Å². The van der Waals surface area contributed by atoms with Gasteiger partial charge in [-0.25, -0.2) is 4.79 Å². The average molecular weight is 185 g/mol. The van der Waals surface area contributed by atoms with Crippen molar-refractivity contribution in [3.63, 3.8) is 0 Å². The normalized spacial score (nSPS) is 8.12. The predicted molar refractivity (Wildman–Crippen MR) is 20.8 cm³/mol. The molecule has 0 radical (unpaired) electrons. The van der Waals surface area contributed by atoms with E-state index in [0.717, 1.165) is 0 Å². The average Bonchev–Trinajstić information content (AvgIpc) is 1.87. The van der Waals surface area contributed by atoms with Crippen LogP contribution in [0.2, 0.25) is 0 Å². The van der Waals surface area contributed by atoms with E-state index in [-0.39, 0.29) is 58.2 Å². The van der Waals surface area contributed by atoms with Gasteiger partial charge in [0.15, 0.2) is 0 Å². The zero-order valence-electron chi connectivity index (χ0n) is 4.71. The van der Waals surface area contributed by atoms with E-state index in [9.17, 15) is 4.79 Å². The maximum atomic E-state index is 9.95. The van der Waals surface area contributed by atoms with Gasteiger partial charge in [-0.15, -0.1) is 0 Å². The van der Waals surface area contributed by atoms with Gasteiger partial charge in [-0.3, -0.25) is 5.16 Å². The Kier molecular flexibility index (Phi) is 4.06. The summed E-state index contributed by atoms with van der Waals surface area (Å²) in [7, 11) is 0. The molecule has 1 aromatic heterocycles. The summed E-state index contributed by atoms with van der Waals surface area (Å²) >= 11 is 0. The van der Waals surface area contributed by atoms with Crippen molar-refractivity contribution in [3.8, 4) is 0 Å². The van der Waals surface area contributed by atoms with Gasteiger partial charge in [-0.05, 0) is 12.7 Å². The van der Waals surface area contributed by atoms with Crippen LogP contribution in [-0.4, -0.2) is 5.16 Å². The van der Waals surface area contributed by atoms with Gasteiger partial charge < -0.3 is 9.51 Å². The third kappa shape index (κ3) is 2.34. The standard InChI is InChI=1S/C3H4N2O2.Rb/c1-2-4-3(6)7-5-2;/h1H3,(H,4,5,6);/q;+1/p-1. The van der Waals surface area contributed by atoms with Gasteiger partial charge in [0.05, 0.1) is 0 Å². The molecule has 38 valence electrons. The molecule has 0 N–H and O–H groups in total.